The molecule has 3 atom stereocenters. The lowest BCUT2D eigenvalue weighted by Gasteiger charge is -2.40. The van der Waals surface area contributed by atoms with Gasteiger partial charge >= 0.3 is 16.4 Å². The van der Waals surface area contributed by atoms with Crippen molar-refractivity contribution in [1.82, 2.24) is 14.9 Å². The maximum atomic E-state index is 12.7. The van der Waals surface area contributed by atoms with Crippen LogP contribution in [0.15, 0.2) is 30.6 Å². The zero-order valence-electron chi connectivity index (χ0n) is 24.5. The molecule has 0 saturated carbocycles. The van der Waals surface area contributed by atoms with Crippen LogP contribution in [0.3, 0.4) is 0 Å². The van der Waals surface area contributed by atoms with Crippen LogP contribution in [-0.4, -0.2) is 72.4 Å². The van der Waals surface area contributed by atoms with Crippen molar-refractivity contribution in [3.05, 3.63) is 41.7 Å². The lowest BCUT2D eigenvalue weighted by Crippen LogP contribution is -2.46. The fourth-order valence-corrected chi connectivity index (χ4v) is 6.02. The number of nitrogens with zero attached hydrogens (tertiary/aromatic N) is 4. The highest BCUT2D eigenvalue weighted by atomic mass is 32.2. The van der Waals surface area contributed by atoms with Gasteiger partial charge in [0, 0.05) is 24.4 Å². The lowest BCUT2D eigenvalue weighted by atomic mass is 9.73. The summed E-state index contributed by atoms with van der Waals surface area (Å²) >= 11 is 0. The van der Waals surface area contributed by atoms with E-state index in [1.165, 1.54) is 16.9 Å². The Hall–Kier alpha value is -3.24. The van der Waals surface area contributed by atoms with Gasteiger partial charge in [-0.25, -0.2) is 25.7 Å². The Morgan fingerprint density at radius 3 is 2.57 bits per heavy atom. The molecule has 1 saturated heterocycles. The number of hydrazine groups is 1. The predicted molar refractivity (Wildman–Crippen MR) is 158 cm³/mol. The van der Waals surface area contributed by atoms with Crippen molar-refractivity contribution in [2.24, 2.45) is 16.9 Å². The summed E-state index contributed by atoms with van der Waals surface area (Å²) in [5.41, 5.74) is 8.39. The second kappa shape index (κ2) is 12.2. The number of ether oxygens (including phenoxy) is 1. The average Bonchev–Trinajstić information content (AvgIpc) is 3.20. The number of anilines is 3. The first-order chi connectivity index (χ1) is 19.6. The maximum absolute atomic E-state index is 12.7. The molecule has 4 rings (SSSR count). The van der Waals surface area contributed by atoms with Crippen molar-refractivity contribution < 1.29 is 27.2 Å². The minimum Gasteiger partial charge on any atom is -0.444 e. The van der Waals surface area contributed by atoms with Gasteiger partial charge in [-0.05, 0) is 51.2 Å². The fourth-order valence-electron chi connectivity index (χ4n) is 5.62. The largest absolute Gasteiger partial charge is 0.444 e. The van der Waals surface area contributed by atoms with E-state index in [9.17, 15) is 18.3 Å². The number of carbonyl (C=O) groups is 1. The SMILES string of the molecule is CC(COS(N)(=O)=O)C(O)CN(N)c1ncnc(N[C@H]2CC3(CCN(C(=O)OC(C)(C)C)CC3)c3ccccc32)c1N. The van der Waals surface area contributed by atoms with Gasteiger partial charge in [0.1, 0.15) is 17.6 Å². The van der Waals surface area contributed by atoms with Gasteiger partial charge in [0.05, 0.1) is 25.3 Å². The monoisotopic (exact) mass is 606 g/mol. The average molecular weight is 607 g/mol. The van der Waals surface area contributed by atoms with E-state index < -0.39 is 27.9 Å². The van der Waals surface area contributed by atoms with E-state index in [-0.39, 0.29) is 42.2 Å². The van der Waals surface area contributed by atoms with Crippen LogP contribution in [0.1, 0.15) is 64.1 Å². The Kier molecular flexibility index (Phi) is 9.18. The van der Waals surface area contributed by atoms with Crippen molar-refractivity contribution in [2.45, 2.75) is 70.1 Å². The standard InChI is InChI=1S/C27H42N8O6S/c1-17(15-40-42(30,38)39)21(36)14-35(29)24-22(28)23(31-16-32-24)33-20-13-27(19-8-6-5-7-18(19)20)9-11-34(12-10-27)25(37)41-26(2,3)4/h5-8,16-17,20-21,36H,9-15,28-29H2,1-4H3,(H2,30,38,39)(H,31,32,33)/t17?,20-,21?/m0/s1. The van der Waals surface area contributed by atoms with Crippen LogP contribution >= 0.6 is 0 Å². The molecule has 0 bridgehead atoms. The zero-order valence-corrected chi connectivity index (χ0v) is 25.3. The number of amides is 1. The zero-order chi connectivity index (χ0) is 30.9. The molecule has 2 heterocycles. The number of aliphatic hydroxyl groups excluding tert-OH is 1. The number of aromatic nitrogens is 2. The molecule has 1 amide bonds. The molecule has 1 spiro atoms. The lowest BCUT2D eigenvalue weighted by molar-refractivity contribution is 0.0162. The number of aliphatic hydroxyl groups is 1. The van der Waals surface area contributed by atoms with Gasteiger partial charge in [0.2, 0.25) is 0 Å². The highest BCUT2D eigenvalue weighted by Gasteiger charge is 2.46. The molecule has 1 aliphatic carbocycles. The van der Waals surface area contributed by atoms with E-state index in [1.54, 1.807) is 11.8 Å². The highest BCUT2D eigenvalue weighted by Crippen LogP contribution is 2.52. The van der Waals surface area contributed by atoms with Crippen LogP contribution in [0.25, 0.3) is 0 Å². The number of likely N-dealkylation sites (tertiary alicyclic amines) is 1. The number of carbonyl (C=O) groups excluding carboxylic acids is 1. The second-order valence-corrected chi connectivity index (χ2v) is 13.4. The van der Waals surface area contributed by atoms with Gasteiger partial charge in [0.25, 0.3) is 0 Å². The van der Waals surface area contributed by atoms with Gasteiger partial charge in [-0.15, -0.1) is 0 Å². The van der Waals surface area contributed by atoms with Gasteiger partial charge in [0.15, 0.2) is 11.6 Å². The Labute approximate surface area is 246 Å². The third kappa shape index (κ3) is 7.39. The number of rotatable bonds is 9. The molecule has 1 aromatic heterocycles. The van der Waals surface area contributed by atoms with Gasteiger partial charge in [-0.3, -0.25) is 9.19 Å². The number of nitrogen functional groups attached to an aromatic ring is 1. The van der Waals surface area contributed by atoms with E-state index in [4.69, 9.17) is 21.5 Å². The summed E-state index contributed by atoms with van der Waals surface area (Å²) in [5.74, 6) is 6.22. The first-order valence-corrected chi connectivity index (χ1v) is 15.4. The molecule has 8 N–H and O–H groups in total. The normalized spacial score (nSPS) is 19.7. The minimum atomic E-state index is -4.13. The molecule has 2 aromatic rings. The molecule has 1 fully saturated rings. The van der Waals surface area contributed by atoms with Crippen LogP contribution in [-0.2, 0) is 24.6 Å². The number of hydrogen-bond acceptors (Lipinski definition) is 12. The van der Waals surface area contributed by atoms with Crippen LogP contribution in [0.2, 0.25) is 0 Å². The van der Waals surface area contributed by atoms with Crippen molar-refractivity contribution in [3.63, 3.8) is 0 Å². The number of fused-ring (bicyclic) bond motifs is 2. The summed E-state index contributed by atoms with van der Waals surface area (Å²) in [6, 6.07) is 8.19. The Morgan fingerprint density at radius 1 is 1.26 bits per heavy atom. The van der Waals surface area contributed by atoms with Crippen LogP contribution in [0.4, 0.5) is 22.1 Å². The maximum Gasteiger partial charge on any atom is 0.410 e. The van der Waals surface area contributed by atoms with Gasteiger partial charge in [-0.1, -0.05) is 31.2 Å². The summed E-state index contributed by atoms with van der Waals surface area (Å²) < 4.78 is 32.3. The van der Waals surface area contributed by atoms with E-state index in [0.717, 1.165) is 24.8 Å². The van der Waals surface area contributed by atoms with E-state index >= 15 is 0 Å². The number of nitrogens with one attached hydrogen (secondary N) is 1. The summed E-state index contributed by atoms with van der Waals surface area (Å²) in [4.78, 5) is 23.0. The number of piperidine rings is 1. The van der Waals surface area contributed by atoms with E-state index in [2.05, 4.69) is 31.6 Å². The third-order valence-corrected chi connectivity index (χ3v) is 8.32. The van der Waals surface area contributed by atoms with Crippen molar-refractivity contribution in [3.8, 4) is 0 Å². The summed E-state index contributed by atoms with van der Waals surface area (Å²) in [6.45, 7) is 7.99. The molecule has 14 nitrogen and oxygen atoms in total. The molecule has 2 aliphatic rings. The molecule has 15 heteroatoms. The fraction of sp³-hybridized carbons (Fsp3) is 0.593. The molecule has 0 radical (unpaired) electrons. The van der Waals surface area contributed by atoms with E-state index in [1.807, 2.05) is 32.9 Å². The molecule has 1 aromatic carbocycles. The highest BCUT2D eigenvalue weighted by molar-refractivity contribution is 7.84. The van der Waals surface area contributed by atoms with Crippen molar-refractivity contribution >= 4 is 33.7 Å². The molecule has 2 unspecified atom stereocenters. The Bertz CT molecular complexity index is 1380. The molecular formula is C27H42N8O6S. The smallest absolute Gasteiger partial charge is 0.410 e. The number of hydrogen-bond donors (Lipinski definition) is 5. The van der Waals surface area contributed by atoms with Gasteiger partial charge in [-0.2, -0.15) is 8.42 Å². The summed E-state index contributed by atoms with van der Waals surface area (Å²) in [7, 11) is -4.13. The second-order valence-electron chi connectivity index (χ2n) is 12.2. The van der Waals surface area contributed by atoms with Crippen molar-refractivity contribution in [2.75, 3.05) is 42.3 Å². The van der Waals surface area contributed by atoms with Crippen LogP contribution in [0.5, 0.6) is 0 Å². The molecule has 232 valence electrons. The first-order valence-electron chi connectivity index (χ1n) is 13.9. The van der Waals surface area contributed by atoms with Gasteiger partial charge < -0.3 is 25.8 Å². The molecule has 42 heavy (non-hydrogen) atoms. The number of benzene rings is 1. The minimum absolute atomic E-state index is 0.0912. The van der Waals surface area contributed by atoms with E-state index in [0.29, 0.717) is 18.9 Å². The summed E-state index contributed by atoms with van der Waals surface area (Å²) in [6.07, 6.45) is 2.38. The Balaban J connectivity index is 1.46. The third-order valence-electron chi connectivity index (χ3n) is 7.86. The topological polar surface area (TPSA) is 212 Å². The first kappa shape index (κ1) is 31.7. The van der Waals surface area contributed by atoms with Crippen molar-refractivity contribution in [1.29, 1.82) is 0 Å². The predicted octanol–water partition coefficient (Wildman–Crippen LogP) is 1.78. The Morgan fingerprint density at radius 2 is 1.93 bits per heavy atom. The number of nitrogens with two attached hydrogens (primary N) is 3. The summed E-state index contributed by atoms with van der Waals surface area (Å²) in [5, 5.41) is 20.1. The molecule has 1 aliphatic heterocycles. The van der Waals surface area contributed by atoms with Crippen LogP contribution < -0.4 is 27.0 Å². The quantitative estimate of drug-likeness (QED) is 0.204. The van der Waals surface area contributed by atoms with Crippen LogP contribution in [0, 0.1) is 5.92 Å². The molecular weight excluding hydrogens is 564 g/mol.